The minimum absolute atomic E-state index is 0.105. The minimum Gasteiger partial charge on any atom is -0.462 e. The van der Waals surface area contributed by atoms with Gasteiger partial charge in [-0.15, -0.1) is 0 Å². The van der Waals surface area contributed by atoms with Gasteiger partial charge in [0.15, 0.2) is 12.2 Å². The molecule has 3 N–H and O–H groups in total. The molecule has 0 saturated heterocycles. The number of hydrogen-bond donors (Lipinski definition) is 3. The molecule has 0 spiro atoms. The van der Waals surface area contributed by atoms with E-state index in [0.29, 0.717) is 31.6 Å². The predicted molar refractivity (Wildman–Crippen MR) is 372 cm³/mol. The number of aliphatic hydroxyl groups is 1. The van der Waals surface area contributed by atoms with Crippen molar-refractivity contribution in [2.45, 2.75) is 382 Å². The molecular weight excluding hydrogens is 1210 g/mol. The number of hydrogen-bond acceptors (Lipinski definition) is 15. The van der Waals surface area contributed by atoms with Gasteiger partial charge in [-0.25, -0.2) is 9.13 Å². The van der Waals surface area contributed by atoms with Crippen LogP contribution in [-0.2, 0) is 65.4 Å². The van der Waals surface area contributed by atoms with Gasteiger partial charge in [0, 0.05) is 25.7 Å². The van der Waals surface area contributed by atoms with E-state index in [1.165, 1.54) is 161 Å². The van der Waals surface area contributed by atoms with Crippen LogP contribution in [0.3, 0.4) is 0 Å². The van der Waals surface area contributed by atoms with Gasteiger partial charge in [-0.1, -0.05) is 312 Å². The second kappa shape index (κ2) is 62.6. The van der Waals surface area contributed by atoms with Gasteiger partial charge in [-0.05, 0) is 49.4 Å². The third kappa shape index (κ3) is 64.1. The van der Waals surface area contributed by atoms with E-state index in [0.717, 1.165) is 114 Å². The Morgan fingerprint density at radius 1 is 0.304 bits per heavy atom. The zero-order valence-electron chi connectivity index (χ0n) is 60.2. The van der Waals surface area contributed by atoms with E-state index in [-0.39, 0.29) is 25.7 Å². The van der Waals surface area contributed by atoms with Crippen LogP contribution < -0.4 is 0 Å². The molecule has 0 amide bonds. The van der Waals surface area contributed by atoms with Crippen LogP contribution in [0.15, 0.2) is 0 Å². The highest BCUT2D eigenvalue weighted by atomic mass is 31.2. The van der Waals surface area contributed by atoms with Gasteiger partial charge < -0.3 is 33.8 Å². The lowest BCUT2D eigenvalue weighted by atomic mass is 9.99. The summed E-state index contributed by atoms with van der Waals surface area (Å²) in [5, 5.41) is 10.6. The van der Waals surface area contributed by atoms with Gasteiger partial charge in [0.05, 0.1) is 26.4 Å². The first-order chi connectivity index (χ1) is 44.2. The Morgan fingerprint density at radius 2 is 0.522 bits per heavy atom. The molecule has 0 rings (SSSR count). The van der Waals surface area contributed by atoms with Gasteiger partial charge >= 0.3 is 39.5 Å². The van der Waals surface area contributed by atoms with E-state index in [2.05, 4.69) is 55.4 Å². The van der Waals surface area contributed by atoms with Crippen LogP contribution in [-0.4, -0.2) is 96.7 Å². The lowest BCUT2D eigenvalue weighted by molar-refractivity contribution is -0.161. The summed E-state index contributed by atoms with van der Waals surface area (Å²) in [6.45, 7) is 14.2. The normalized spacial score (nSPS) is 14.8. The van der Waals surface area contributed by atoms with Gasteiger partial charge in [0.25, 0.3) is 0 Å². The van der Waals surface area contributed by atoms with E-state index in [4.69, 9.17) is 37.0 Å². The number of esters is 4. The number of phosphoric ester groups is 2. The summed E-state index contributed by atoms with van der Waals surface area (Å²) >= 11 is 0. The van der Waals surface area contributed by atoms with Crippen molar-refractivity contribution in [2.75, 3.05) is 39.6 Å². The fraction of sp³-hybridized carbons (Fsp3) is 0.945. The molecule has 0 aromatic heterocycles. The largest absolute Gasteiger partial charge is 0.472 e. The molecule has 17 nitrogen and oxygen atoms in total. The van der Waals surface area contributed by atoms with Crippen LogP contribution in [0.1, 0.15) is 364 Å². The van der Waals surface area contributed by atoms with Crippen LogP contribution in [0.5, 0.6) is 0 Å². The van der Waals surface area contributed by atoms with Crippen LogP contribution in [0.2, 0.25) is 0 Å². The van der Waals surface area contributed by atoms with Crippen molar-refractivity contribution in [2.24, 2.45) is 23.7 Å². The zero-order chi connectivity index (χ0) is 68.2. The number of aliphatic hydroxyl groups excluding tert-OH is 1. The first kappa shape index (κ1) is 90.1. The van der Waals surface area contributed by atoms with E-state index in [9.17, 15) is 43.2 Å². The van der Waals surface area contributed by atoms with Gasteiger partial charge in [-0.2, -0.15) is 0 Å². The third-order valence-electron chi connectivity index (χ3n) is 17.5. The number of ether oxygens (including phenoxy) is 4. The molecule has 0 radical (unpaired) electrons. The molecule has 0 aliphatic rings. The Bertz CT molecular complexity index is 1820. The molecule has 0 fully saturated rings. The molecule has 5 unspecified atom stereocenters. The number of unbranched alkanes of at least 4 members (excludes halogenated alkanes) is 34. The van der Waals surface area contributed by atoms with Gasteiger partial charge in [0.2, 0.25) is 0 Å². The molecule has 0 aliphatic carbocycles. The lowest BCUT2D eigenvalue weighted by Gasteiger charge is -2.21. The Hall–Kier alpha value is -1.94. The standard InChI is InChI=1S/C73H142O17P2/c1-9-65(7)51-43-35-27-19-14-16-21-29-37-45-53-70(75)83-59-68(89-73(78)56-48-40-31-23-17-15-20-28-36-44-52-66(8)10-2)61-87-91(79,80)85-57-67(74)58-86-92(81,82)88-62-69(60-84-71(76)54-46-38-32-24-26-34-42-50-64(5)6)90-72(77)55-47-39-30-22-13-11-12-18-25-33-41-49-63(3)4/h63-69,74H,9-62H2,1-8H3,(H,79,80)(H,81,82)/t65?,66?,67?,68-,69-/m1/s1. The Morgan fingerprint density at radius 3 is 0.772 bits per heavy atom. The molecule has 7 atom stereocenters. The first-order valence-corrected chi connectivity index (χ1v) is 40.8. The van der Waals surface area contributed by atoms with E-state index >= 15 is 0 Å². The minimum atomic E-state index is -4.96. The topological polar surface area (TPSA) is 237 Å². The number of phosphoric acid groups is 2. The molecule has 0 heterocycles. The molecule has 0 aliphatic heterocycles. The van der Waals surface area contributed by atoms with Crippen molar-refractivity contribution in [3.8, 4) is 0 Å². The molecular formula is C73H142O17P2. The SMILES string of the molecule is CCC(C)CCCCCCCCCCCCC(=O)OC[C@H](COP(=O)(O)OCC(O)COP(=O)(O)OC[C@@H](COC(=O)CCCCCCCCCC(C)C)OC(=O)CCCCCCCCCCCCCC(C)C)OC(=O)CCCCCCCCCCCCC(C)CC. The molecule has 0 aromatic carbocycles. The zero-order valence-corrected chi connectivity index (χ0v) is 62.0. The van der Waals surface area contributed by atoms with Crippen LogP contribution >= 0.6 is 15.6 Å². The summed E-state index contributed by atoms with van der Waals surface area (Å²) in [7, 11) is -9.91. The van der Waals surface area contributed by atoms with E-state index in [1.807, 2.05) is 0 Å². The highest BCUT2D eigenvalue weighted by molar-refractivity contribution is 7.47. The molecule has 0 saturated carbocycles. The Kier molecular flexibility index (Phi) is 61.3. The van der Waals surface area contributed by atoms with Crippen LogP contribution in [0.25, 0.3) is 0 Å². The molecule has 0 aromatic rings. The fourth-order valence-corrected chi connectivity index (χ4v) is 12.5. The maximum Gasteiger partial charge on any atom is 0.472 e. The van der Waals surface area contributed by atoms with Crippen molar-refractivity contribution in [3.63, 3.8) is 0 Å². The van der Waals surface area contributed by atoms with E-state index < -0.39 is 97.5 Å². The van der Waals surface area contributed by atoms with Crippen molar-refractivity contribution in [1.82, 2.24) is 0 Å². The van der Waals surface area contributed by atoms with E-state index in [1.54, 1.807) is 0 Å². The smallest absolute Gasteiger partial charge is 0.462 e. The second-order valence-electron chi connectivity index (χ2n) is 27.8. The molecule has 19 heteroatoms. The summed E-state index contributed by atoms with van der Waals surface area (Å²) in [5.74, 6) is 0.958. The summed E-state index contributed by atoms with van der Waals surface area (Å²) in [6.07, 6.45) is 45.7. The predicted octanol–water partition coefficient (Wildman–Crippen LogP) is 20.9. The lowest BCUT2D eigenvalue weighted by Crippen LogP contribution is -2.30. The van der Waals surface area contributed by atoms with Crippen molar-refractivity contribution < 1.29 is 80.2 Å². The maximum absolute atomic E-state index is 13.1. The Balaban J connectivity index is 5.27. The van der Waals surface area contributed by atoms with Crippen molar-refractivity contribution in [1.29, 1.82) is 0 Å². The number of carbonyl (C=O) groups is 4. The van der Waals surface area contributed by atoms with Crippen LogP contribution in [0.4, 0.5) is 0 Å². The maximum atomic E-state index is 13.1. The molecule has 546 valence electrons. The summed E-state index contributed by atoms with van der Waals surface area (Å²) in [5.41, 5.74) is 0. The number of rotatable bonds is 70. The average Bonchev–Trinajstić information content (AvgIpc) is 1.70. The fourth-order valence-electron chi connectivity index (χ4n) is 11.0. The van der Waals surface area contributed by atoms with Crippen LogP contribution in [0, 0.1) is 23.7 Å². The molecule has 0 bridgehead atoms. The van der Waals surface area contributed by atoms with Crippen molar-refractivity contribution >= 4 is 39.5 Å². The quantitative estimate of drug-likeness (QED) is 0.0222. The summed E-state index contributed by atoms with van der Waals surface area (Å²) < 4.78 is 68.4. The summed E-state index contributed by atoms with van der Waals surface area (Å²) in [6, 6.07) is 0. The average molecular weight is 1350 g/mol. The number of carbonyl (C=O) groups excluding carboxylic acids is 4. The van der Waals surface area contributed by atoms with Gasteiger partial charge in [-0.3, -0.25) is 37.3 Å². The third-order valence-corrected chi connectivity index (χ3v) is 19.4. The van der Waals surface area contributed by atoms with Crippen molar-refractivity contribution in [3.05, 3.63) is 0 Å². The second-order valence-corrected chi connectivity index (χ2v) is 30.7. The Labute approximate surface area is 562 Å². The van der Waals surface area contributed by atoms with Gasteiger partial charge in [0.1, 0.15) is 19.3 Å². The molecule has 92 heavy (non-hydrogen) atoms. The highest BCUT2D eigenvalue weighted by Gasteiger charge is 2.30. The summed E-state index contributed by atoms with van der Waals surface area (Å²) in [4.78, 5) is 72.7. The highest BCUT2D eigenvalue weighted by Crippen LogP contribution is 2.45. The first-order valence-electron chi connectivity index (χ1n) is 37.8. The monoisotopic (exact) mass is 1350 g/mol.